The van der Waals surface area contributed by atoms with Crippen LogP contribution in [-0.2, 0) is 0 Å². The fraction of sp³-hybridized carbons (Fsp3) is 0.846. The highest BCUT2D eigenvalue weighted by Gasteiger charge is 1.96. The Kier molecular flexibility index (Phi) is 9.06. The number of rotatable bonds is 8. The van der Waals surface area contributed by atoms with Crippen LogP contribution in [0, 0.1) is 0 Å². The fourth-order valence-electron chi connectivity index (χ4n) is 1.59. The van der Waals surface area contributed by atoms with Crippen molar-refractivity contribution in [2.24, 2.45) is 0 Å². The number of hydrogen-bond acceptors (Lipinski definition) is 1. The van der Waals surface area contributed by atoms with Gasteiger partial charge in [-0.15, -0.1) is 0 Å². The summed E-state index contributed by atoms with van der Waals surface area (Å²) in [6, 6.07) is 0. The summed E-state index contributed by atoms with van der Waals surface area (Å²) in [7, 11) is 0. The lowest BCUT2D eigenvalue weighted by molar-refractivity contribution is 0.310. The topological polar surface area (TPSA) is 3.24 Å². The van der Waals surface area contributed by atoms with E-state index in [0.717, 1.165) is 0 Å². The quantitative estimate of drug-likeness (QED) is 0.534. The van der Waals surface area contributed by atoms with Crippen LogP contribution < -0.4 is 0 Å². The van der Waals surface area contributed by atoms with E-state index in [4.69, 9.17) is 0 Å². The normalized spacial score (nSPS) is 12.5. The predicted molar refractivity (Wildman–Crippen MR) is 65.7 cm³/mol. The zero-order valence-corrected chi connectivity index (χ0v) is 10.5. The van der Waals surface area contributed by atoms with Gasteiger partial charge in [-0.05, 0) is 39.3 Å². The number of allylic oxidation sites excluding steroid dienone is 1. The van der Waals surface area contributed by atoms with Crippen LogP contribution in [0.2, 0.25) is 0 Å². The van der Waals surface area contributed by atoms with Crippen molar-refractivity contribution in [1.82, 2.24) is 4.90 Å². The second-order valence-corrected chi connectivity index (χ2v) is 3.97. The largest absolute Gasteiger partial charge is 0.304 e. The molecule has 0 saturated carbocycles. The monoisotopic (exact) mass is 197 g/mol. The Balaban J connectivity index is 3.57. The zero-order chi connectivity index (χ0) is 10.8. The third-order valence-electron chi connectivity index (χ3n) is 2.76. The minimum atomic E-state index is 1.18. The Morgan fingerprint density at radius 3 is 2.29 bits per heavy atom. The molecule has 84 valence electrons. The van der Waals surface area contributed by atoms with E-state index in [9.17, 15) is 0 Å². The molecule has 14 heavy (non-hydrogen) atoms. The molecule has 0 aliphatic heterocycles. The average molecular weight is 197 g/mol. The Morgan fingerprint density at radius 2 is 1.79 bits per heavy atom. The Labute approximate surface area is 90.2 Å². The van der Waals surface area contributed by atoms with E-state index in [1.54, 1.807) is 5.57 Å². The second kappa shape index (κ2) is 9.26. The summed E-state index contributed by atoms with van der Waals surface area (Å²) in [5.74, 6) is 0. The van der Waals surface area contributed by atoms with E-state index in [-0.39, 0.29) is 0 Å². The molecular weight excluding hydrogens is 170 g/mol. The highest BCUT2D eigenvalue weighted by Crippen LogP contribution is 2.07. The Hall–Kier alpha value is -0.300. The maximum Gasteiger partial charge on any atom is 0.00158 e. The van der Waals surface area contributed by atoms with E-state index >= 15 is 0 Å². The SMILES string of the molecule is CCCC/C(C)=C/CCN(CC)CC. The molecule has 0 fully saturated rings. The van der Waals surface area contributed by atoms with Crippen LogP contribution in [0.15, 0.2) is 11.6 Å². The van der Waals surface area contributed by atoms with Crippen LogP contribution in [-0.4, -0.2) is 24.5 Å². The van der Waals surface area contributed by atoms with Crippen LogP contribution in [0.1, 0.15) is 53.4 Å². The summed E-state index contributed by atoms with van der Waals surface area (Å²) in [4.78, 5) is 2.48. The molecule has 0 heterocycles. The minimum Gasteiger partial charge on any atom is -0.304 e. The number of unbranched alkanes of at least 4 members (excludes halogenated alkanes) is 1. The van der Waals surface area contributed by atoms with Crippen molar-refractivity contribution in [3.8, 4) is 0 Å². The van der Waals surface area contributed by atoms with Crippen LogP contribution in [0.3, 0.4) is 0 Å². The molecule has 0 radical (unpaired) electrons. The average Bonchev–Trinajstić information content (AvgIpc) is 2.21. The van der Waals surface area contributed by atoms with Crippen LogP contribution in [0.25, 0.3) is 0 Å². The summed E-state index contributed by atoms with van der Waals surface area (Å²) in [6.45, 7) is 12.6. The Bertz CT molecular complexity index is 145. The first-order valence-corrected chi connectivity index (χ1v) is 6.12. The van der Waals surface area contributed by atoms with E-state index < -0.39 is 0 Å². The van der Waals surface area contributed by atoms with Gasteiger partial charge in [-0.2, -0.15) is 0 Å². The molecule has 1 nitrogen and oxygen atoms in total. The molecule has 0 amide bonds. The molecule has 0 atom stereocenters. The molecule has 0 aromatic heterocycles. The molecule has 0 unspecified atom stereocenters. The van der Waals surface area contributed by atoms with Gasteiger partial charge in [0.2, 0.25) is 0 Å². The maximum absolute atomic E-state index is 2.48. The van der Waals surface area contributed by atoms with Gasteiger partial charge in [0.05, 0.1) is 0 Å². The minimum absolute atomic E-state index is 1.18. The number of hydrogen-bond donors (Lipinski definition) is 0. The van der Waals surface area contributed by atoms with Crippen LogP contribution >= 0.6 is 0 Å². The predicted octanol–water partition coefficient (Wildman–Crippen LogP) is 3.85. The first kappa shape index (κ1) is 13.7. The molecular formula is C13H27N. The molecule has 0 spiro atoms. The maximum atomic E-state index is 2.48. The highest BCUT2D eigenvalue weighted by molar-refractivity contribution is 4.97. The van der Waals surface area contributed by atoms with Gasteiger partial charge in [-0.25, -0.2) is 0 Å². The highest BCUT2D eigenvalue weighted by atomic mass is 15.1. The van der Waals surface area contributed by atoms with Gasteiger partial charge in [0, 0.05) is 6.54 Å². The van der Waals surface area contributed by atoms with Crippen molar-refractivity contribution in [1.29, 1.82) is 0 Å². The van der Waals surface area contributed by atoms with Crippen molar-refractivity contribution >= 4 is 0 Å². The smallest absolute Gasteiger partial charge is 0.00158 e. The Morgan fingerprint density at radius 1 is 1.14 bits per heavy atom. The third-order valence-corrected chi connectivity index (χ3v) is 2.76. The molecule has 0 rings (SSSR count). The van der Waals surface area contributed by atoms with Crippen LogP contribution in [0.5, 0.6) is 0 Å². The van der Waals surface area contributed by atoms with E-state index in [0.29, 0.717) is 0 Å². The lowest BCUT2D eigenvalue weighted by atomic mass is 10.1. The van der Waals surface area contributed by atoms with Crippen molar-refractivity contribution in [2.45, 2.75) is 53.4 Å². The zero-order valence-electron chi connectivity index (χ0n) is 10.5. The van der Waals surface area contributed by atoms with Crippen LogP contribution in [0.4, 0.5) is 0 Å². The standard InChI is InChI=1S/C13H27N/c1-5-8-10-13(4)11-9-12-14(6-2)7-3/h11H,5-10,12H2,1-4H3/b13-11+. The van der Waals surface area contributed by atoms with Crippen molar-refractivity contribution in [3.63, 3.8) is 0 Å². The molecule has 0 N–H and O–H groups in total. The van der Waals surface area contributed by atoms with Gasteiger partial charge in [0.1, 0.15) is 0 Å². The van der Waals surface area contributed by atoms with Gasteiger partial charge in [0.15, 0.2) is 0 Å². The molecule has 0 aliphatic rings. The second-order valence-electron chi connectivity index (χ2n) is 3.97. The van der Waals surface area contributed by atoms with Crippen molar-refractivity contribution in [2.75, 3.05) is 19.6 Å². The lowest BCUT2D eigenvalue weighted by Crippen LogP contribution is -2.23. The van der Waals surface area contributed by atoms with E-state index in [1.807, 2.05) is 0 Å². The van der Waals surface area contributed by atoms with E-state index in [1.165, 1.54) is 45.3 Å². The summed E-state index contributed by atoms with van der Waals surface area (Å²) in [5, 5.41) is 0. The molecule has 0 aromatic carbocycles. The molecule has 0 saturated heterocycles. The fourth-order valence-corrected chi connectivity index (χ4v) is 1.59. The third kappa shape index (κ3) is 7.14. The molecule has 0 aromatic rings. The number of nitrogens with zero attached hydrogens (tertiary/aromatic N) is 1. The lowest BCUT2D eigenvalue weighted by Gasteiger charge is -2.16. The molecule has 1 heteroatoms. The van der Waals surface area contributed by atoms with E-state index in [2.05, 4.69) is 38.7 Å². The van der Waals surface area contributed by atoms with Gasteiger partial charge in [-0.1, -0.05) is 38.8 Å². The first-order chi connectivity index (χ1) is 6.74. The summed E-state index contributed by atoms with van der Waals surface area (Å²) in [5.41, 5.74) is 1.57. The van der Waals surface area contributed by atoms with Gasteiger partial charge < -0.3 is 4.90 Å². The summed E-state index contributed by atoms with van der Waals surface area (Å²) in [6.07, 6.45) is 7.56. The molecule has 0 bridgehead atoms. The van der Waals surface area contributed by atoms with Crippen molar-refractivity contribution < 1.29 is 0 Å². The summed E-state index contributed by atoms with van der Waals surface area (Å²) >= 11 is 0. The first-order valence-electron chi connectivity index (χ1n) is 6.12. The van der Waals surface area contributed by atoms with Gasteiger partial charge in [0.25, 0.3) is 0 Å². The van der Waals surface area contributed by atoms with Gasteiger partial charge in [-0.3, -0.25) is 0 Å². The summed E-state index contributed by atoms with van der Waals surface area (Å²) < 4.78 is 0. The van der Waals surface area contributed by atoms with Gasteiger partial charge >= 0.3 is 0 Å². The van der Waals surface area contributed by atoms with Crippen molar-refractivity contribution in [3.05, 3.63) is 11.6 Å². The molecule has 0 aliphatic carbocycles.